The molecule has 3 aromatic rings. The summed E-state index contributed by atoms with van der Waals surface area (Å²) in [5.41, 5.74) is 0.824. The zero-order chi connectivity index (χ0) is 18.8. The fourth-order valence-electron chi connectivity index (χ4n) is 3.34. The quantitative estimate of drug-likeness (QED) is 0.756. The highest BCUT2D eigenvalue weighted by atomic mass is 16.5. The first-order valence-electron chi connectivity index (χ1n) is 8.96. The number of benzene rings is 1. The van der Waals surface area contributed by atoms with E-state index < -0.39 is 0 Å². The highest BCUT2D eigenvalue weighted by molar-refractivity contribution is 5.92. The Balaban J connectivity index is 1.42. The Hall–Kier alpha value is -3.16. The van der Waals surface area contributed by atoms with Crippen molar-refractivity contribution in [2.75, 3.05) is 12.4 Å². The normalized spacial score (nSPS) is 14.6. The van der Waals surface area contributed by atoms with Crippen LogP contribution in [0.15, 0.2) is 44.3 Å². The van der Waals surface area contributed by atoms with Gasteiger partial charge in [0.1, 0.15) is 5.58 Å². The second-order valence-corrected chi connectivity index (χ2v) is 6.81. The second-order valence-electron chi connectivity index (χ2n) is 6.81. The first-order chi connectivity index (χ1) is 13.1. The Morgan fingerprint density at radius 3 is 2.93 bits per heavy atom. The number of hydrogen-bond donors (Lipinski definition) is 1. The molecule has 1 saturated carbocycles. The van der Waals surface area contributed by atoms with Gasteiger partial charge in [-0.2, -0.15) is 4.98 Å². The topological polar surface area (TPSA) is 101 Å². The Kier molecular flexibility index (Phi) is 4.62. The van der Waals surface area contributed by atoms with E-state index in [2.05, 4.69) is 15.5 Å². The second kappa shape index (κ2) is 7.22. The molecule has 0 unspecified atom stereocenters. The van der Waals surface area contributed by atoms with Crippen LogP contribution in [0.5, 0.6) is 0 Å². The number of anilines is 1. The molecule has 0 radical (unpaired) electrons. The summed E-state index contributed by atoms with van der Waals surface area (Å²) >= 11 is 0. The summed E-state index contributed by atoms with van der Waals surface area (Å²) in [7, 11) is 1.65. The van der Waals surface area contributed by atoms with E-state index in [0.717, 1.165) is 12.8 Å². The summed E-state index contributed by atoms with van der Waals surface area (Å²) in [6, 6.07) is 5.95. The molecule has 140 valence electrons. The minimum Gasteiger partial charge on any atom is -0.464 e. The van der Waals surface area contributed by atoms with Crippen LogP contribution in [0, 0.1) is 0 Å². The van der Waals surface area contributed by atoms with Gasteiger partial charge in [0.2, 0.25) is 5.89 Å². The van der Waals surface area contributed by atoms with Crippen LogP contribution in [0.4, 0.5) is 10.5 Å². The van der Waals surface area contributed by atoms with Crippen molar-refractivity contribution in [2.24, 2.45) is 0 Å². The van der Waals surface area contributed by atoms with Gasteiger partial charge in [-0.3, -0.25) is 4.79 Å². The van der Waals surface area contributed by atoms with E-state index in [0.29, 0.717) is 34.3 Å². The number of rotatable bonds is 4. The molecule has 1 aliphatic carbocycles. The number of amides is 2. The third kappa shape index (κ3) is 3.69. The molecule has 1 aromatic carbocycles. The first kappa shape index (κ1) is 17.3. The maximum Gasteiger partial charge on any atom is 0.321 e. The van der Waals surface area contributed by atoms with Crippen LogP contribution in [0.25, 0.3) is 11.0 Å². The van der Waals surface area contributed by atoms with Gasteiger partial charge < -0.3 is 19.2 Å². The lowest BCUT2D eigenvalue weighted by atomic mass is 10.1. The molecule has 8 heteroatoms. The van der Waals surface area contributed by atoms with Gasteiger partial charge in [0.05, 0.1) is 18.2 Å². The summed E-state index contributed by atoms with van der Waals surface area (Å²) in [5.74, 6) is 1.49. The third-order valence-electron chi connectivity index (χ3n) is 4.82. The van der Waals surface area contributed by atoms with Crippen molar-refractivity contribution in [1.82, 2.24) is 15.0 Å². The van der Waals surface area contributed by atoms with E-state index in [4.69, 9.17) is 8.94 Å². The van der Waals surface area contributed by atoms with Gasteiger partial charge in [0.15, 0.2) is 11.3 Å². The van der Waals surface area contributed by atoms with Gasteiger partial charge in [-0.25, -0.2) is 4.79 Å². The van der Waals surface area contributed by atoms with Crippen LogP contribution in [0.2, 0.25) is 0 Å². The Bertz CT molecular complexity index is 1020. The van der Waals surface area contributed by atoms with Crippen LogP contribution in [0.3, 0.4) is 0 Å². The van der Waals surface area contributed by atoms with Gasteiger partial charge in [-0.1, -0.05) is 18.0 Å². The summed E-state index contributed by atoms with van der Waals surface area (Å²) in [4.78, 5) is 30.2. The minimum absolute atomic E-state index is 0.160. The fourth-order valence-corrected chi connectivity index (χ4v) is 3.34. The molecule has 2 amide bonds. The lowest BCUT2D eigenvalue weighted by Gasteiger charge is -2.16. The first-order valence-corrected chi connectivity index (χ1v) is 8.96. The molecule has 0 aliphatic heterocycles. The fraction of sp³-hybridized carbons (Fsp3) is 0.368. The molecule has 0 saturated heterocycles. The number of hydrogen-bond acceptors (Lipinski definition) is 6. The van der Waals surface area contributed by atoms with Crippen molar-refractivity contribution in [2.45, 2.75) is 38.1 Å². The van der Waals surface area contributed by atoms with Crippen LogP contribution in [0.1, 0.15) is 43.3 Å². The number of carbonyl (C=O) groups is 1. The Morgan fingerprint density at radius 1 is 1.30 bits per heavy atom. The standard InChI is InChI=1S/C19H20N4O4/c1-23(11-17-21-18(27-22-17)12-4-2-3-5-12)19(25)20-13-6-7-16-14(10-13)15(24)8-9-26-16/h6-10,12H,2-5,11H2,1H3,(H,20,25). The molecule has 0 atom stereocenters. The van der Waals surface area contributed by atoms with Gasteiger partial charge in [-0.05, 0) is 31.0 Å². The number of urea groups is 1. The van der Waals surface area contributed by atoms with Crippen LogP contribution < -0.4 is 10.7 Å². The van der Waals surface area contributed by atoms with Crippen LogP contribution in [-0.4, -0.2) is 28.1 Å². The SMILES string of the molecule is CN(Cc1noc(C2CCCC2)n1)C(=O)Nc1ccc2occc(=O)c2c1. The average molecular weight is 368 g/mol. The molecule has 27 heavy (non-hydrogen) atoms. The Morgan fingerprint density at radius 2 is 2.11 bits per heavy atom. The zero-order valence-corrected chi connectivity index (χ0v) is 15.0. The largest absolute Gasteiger partial charge is 0.464 e. The molecule has 0 spiro atoms. The Labute approximate surface area is 155 Å². The summed E-state index contributed by atoms with van der Waals surface area (Å²) in [6.45, 7) is 0.234. The van der Waals surface area contributed by atoms with Gasteiger partial charge in [0, 0.05) is 24.7 Å². The van der Waals surface area contributed by atoms with Crippen LogP contribution >= 0.6 is 0 Å². The van der Waals surface area contributed by atoms with Crippen molar-refractivity contribution < 1.29 is 13.7 Å². The van der Waals surface area contributed by atoms with E-state index in [9.17, 15) is 9.59 Å². The maximum absolute atomic E-state index is 12.4. The number of aromatic nitrogens is 2. The van der Waals surface area contributed by atoms with Crippen molar-refractivity contribution in [3.63, 3.8) is 0 Å². The number of fused-ring (bicyclic) bond motifs is 1. The van der Waals surface area contributed by atoms with Crippen molar-refractivity contribution >= 4 is 22.7 Å². The predicted octanol–water partition coefficient (Wildman–Crippen LogP) is 3.50. The molecule has 1 N–H and O–H groups in total. The van der Waals surface area contributed by atoms with Gasteiger partial charge >= 0.3 is 6.03 Å². The molecule has 8 nitrogen and oxygen atoms in total. The van der Waals surface area contributed by atoms with E-state index in [1.807, 2.05) is 0 Å². The average Bonchev–Trinajstić information content (AvgIpc) is 3.34. The highest BCUT2D eigenvalue weighted by Gasteiger charge is 2.23. The molecule has 4 rings (SSSR count). The number of nitrogens with one attached hydrogen (secondary N) is 1. The molecule has 2 aromatic heterocycles. The minimum atomic E-state index is -0.332. The van der Waals surface area contributed by atoms with E-state index >= 15 is 0 Å². The molecule has 1 fully saturated rings. The number of nitrogens with zero attached hydrogens (tertiary/aromatic N) is 3. The molecular formula is C19H20N4O4. The van der Waals surface area contributed by atoms with E-state index in [-0.39, 0.29) is 18.0 Å². The molecular weight excluding hydrogens is 348 g/mol. The molecule has 1 aliphatic rings. The number of carbonyl (C=O) groups excluding carboxylic acids is 1. The summed E-state index contributed by atoms with van der Waals surface area (Å²) < 4.78 is 10.6. The predicted molar refractivity (Wildman–Crippen MR) is 98.5 cm³/mol. The molecule has 2 heterocycles. The van der Waals surface area contributed by atoms with Crippen molar-refractivity contribution in [3.05, 3.63) is 52.5 Å². The third-order valence-corrected chi connectivity index (χ3v) is 4.82. The lowest BCUT2D eigenvalue weighted by Crippen LogP contribution is -2.31. The zero-order valence-electron chi connectivity index (χ0n) is 15.0. The van der Waals surface area contributed by atoms with Crippen molar-refractivity contribution in [3.8, 4) is 0 Å². The summed E-state index contributed by atoms with van der Waals surface area (Å²) in [5, 5.41) is 7.16. The molecule has 0 bridgehead atoms. The van der Waals surface area contributed by atoms with Gasteiger partial charge in [0.25, 0.3) is 0 Å². The van der Waals surface area contributed by atoms with E-state index in [1.165, 1.54) is 30.1 Å². The van der Waals surface area contributed by atoms with Crippen molar-refractivity contribution in [1.29, 1.82) is 0 Å². The van der Waals surface area contributed by atoms with Crippen LogP contribution in [-0.2, 0) is 6.54 Å². The highest BCUT2D eigenvalue weighted by Crippen LogP contribution is 2.32. The summed E-state index contributed by atoms with van der Waals surface area (Å²) in [6.07, 6.45) is 5.88. The smallest absolute Gasteiger partial charge is 0.321 e. The maximum atomic E-state index is 12.4. The van der Waals surface area contributed by atoms with Gasteiger partial charge in [-0.15, -0.1) is 0 Å². The monoisotopic (exact) mass is 368 g/mol. The van der Waals surface area contributed by atoms with E-state index in [1.54, 1.807) is 25.2 Å². The lowest BCUT2D eigenvalue weighted by molar-refractivity contribution is 0.219.